The molecule has 4 nitrogen and oxygen atoms in total. The van der Waals surface area contributed by atoms with Crippen molar-refractivity contribution in [3.63, 3.8) is 0 Å². The van der Waals surface area contributed by atoms with Crippen molar-refractivity contribution in [2.75, 3.05) is 6.54 Å². The molecule has 3 atom stereocenters. The number of carbonyl (C=O) groups excluding carboxylic acids is 1. The fourth-order valence-electron chi connectivity index (χ4n) is 2.93. The van der Waals surface area contributed by atoms with Crippen LogP contribution < -0.4 is 5.32 Å². The maximum Gasteiger partial charge on any atom is 0.306 e. The second-order valence-electron chi connectivity index (χ2n) is 5.83. The van der Waals surface area contributed by atoms with Crippen LogP contribution in [0, 0.1) is 11.8 Å². The van der Waals surface area contributed by atoms with Crippen LogP contribution in [0.4, 0.5) is 0 Å². The van der Waals surface area contributed by atoms with E-state index < -0.39 is 11.9 Å². The first kappa shape index (κ1) is 17.1. The Balaban J connectivity index is 1.90. The van der Waals surface area contributed by atoms with Gasteiger partial charge in [-0.1, -0.05) is 36.2 Å². The number of hydrogen-bond acceptors (Lipinski definition) is 2. The van der Waals surface area contributed by atoms with Gasteiger partial charge < -0.3 is 10.4 Å². The molecule has 0 aliphatic heterocycles. The van der Waals surface area contributed by atoms with E-state index in [0.29, 0.717) is 35.9 Å². The predicted molar refractivity (Wildman–Crippen MR) is 86.4 cm³/mol. The van der Waals surface area contributed by atoms with Crippen molar-refractivity contribution < 1.29 is 14.7 Å². The van der Waals surface area contributed by atoms with Crippen LogP contribution in [0.2, 0.25) is 10.0 Å². The summed E-state index contributed by atoms with van der Waals surface area (Å²) in [7, 11) is 0. The third-order valence-corrected chi connectivity index (χ3v) is 4.89. The SMILES string of the molecule is CC(CNC(=O)[C@@H]1CC[C@H](C(=O)O)C1)c1c(Cl)cccc1Cl. The first-order valence-corrected chi connectivity index (χ1v) is 8.10. The molecule has 2 rings (SSSR count). The highest BCUT2D eigenvalue weighted by molar-refractivity contribution is 6.36. The summed E-state index contributed by atoms with van der Waals surface area (Å²) in [5, 5.41) is 13.0. The molecule has 1 aromatic rings. The lowest BCUT2D eigenvalue weighted by atomic mass is 10.00. The standard InChI is InChI=1S/C16H19Cl2NO3/c1-9(14-12(17)3-2-4-13(14)18)8-19-15(20)10-5-6-11(7-10)16(21)22/h2-4,9-11H,5-8H2,1H3,(H,19,20)(H,21,22)/t9?,10-,11+/m1/s1. The van der Waals surface area contributed by atoms with E-state index in [4.69, 9.17) is 28.3 Å². The zero-order valence-electron chi connectivity index (χ0n) is 12.3. The topological polar surface area (TPSA) is 66.4 Å². The number of rotatable bonds is 5. The Morgan fingerprint density at radius 1 is 1.27 bits per heavy atom. The molecule has 0 saturated heterocycles. The van der Waals surface area contributed by atoms with Crippen LogP contribution in [0.25, 0.3) is 0 Å². The second kappa shape index (κ2) is 7.34. The van der Waals surface area contributed by atoms with E-state index in [0.717, 1.165) is 5.56 Å². The summed E-state index contributed by atoms with van der Waals surface area (Å²) in [5.74, 6) is -1.52. The molecule has 0 heterocycles. The molecule has 0 spiro atoms. The number of halogens is 2. The van der Waals surface area contributed by atoms with Crippen molar-refractivity contribution in [2.24, 2.45) is 11.8 Å². The minimum Gasteiger partial charge on any atom is -0.481 e. The first-order chi connectivity index (χ1) is 10.4. The van der Waals surface area contributed by atoms with Crippen LogP contribution in [0.3, 0.4) is 0 Å². The number of nitrogens with one attached hydrogen (secondary N) is 1. The van der Waals surface area contributed by atoms with Crippen LogP contribution in [-0.2, 0) is 9.59 Å². The van der Waals surface area contributed by atoms with Gasteiger partial charge in [0.15, 0.2) is 0 Å². The van der Waals surface area contributed by atoms with Gasteiger partial charge in [-0.25, -0.2) is 0 Å². The Bertz CT molecular complexity index is 556. The molecule has 0 bridgehead atoms. The summed E-state index contributed by atoms with van der Waals surface area (Å²) in [6.45, 7) is 2.37. The molecule has 0 radical (unpaired) electrons. The second-order valence-corrected chi connectivity index (χ2v) is 6.64. The van der Waals surface area contributed by atoms with Crippen LogP contribution in [-0.4, -0.2) is 23.5 Å². The third-order valence-electron chi connectivity index (χ3n) is 4.23. The largest absolute Gasteiger partial charge is 0.481 e. The van der Waals surface area contributed by atoms with Gasteiger partial charge >= 0.3 is 5.97 Å². The minimum atomic E-state index is -0.813. The number of amides is 1. The quantitative estimate of drug-likeness (QED) is 0.856. The van der Waals surface area contributed by atoms with Crippen LogP contribution in [0.5, 0.6) is 0 Å². The maximum absolute atomic E-state index is 12.1. The molecular formula is C16H19Cl2NO3. The van der Waals surface area contributed by atoms with Crippen molar-refractivity contribution in [1.29, 1.82) is 0 Å². The number of carboxylic acid groups (broad SMARTS) is 1. The van der Waals surface area contributed by atoms with E-state index in [-0.39, 0.29) is 17.7 Å². The zero-order chi connectivity index (χ0) is 16.3. The molecule has 1 aromatic carbocycles. The van der Waals surface area contributed by atoms with Crippen LogP contribution in [0.1, 0.15) is 37.7 Å². The lowest BCUT2D eigenvalue weighted by Crippen LogP contribution is -2.32. The first-order valence-electron chi connectivity index (χ1n) is 7.34. The monoisotopic (exact) mass is 343 g/mol. The van der Waals surface area contributed by atoms with Gasteiger partial charge in [0.05, 0.1) is 5.92 Å². The average molecular weight is 344 g/mol. The van der Waals surface area contributed by atoms with Gasteiger partial charge in [0.2, 0.25) is 5.91 Å². The van der Waals surface area contributed by atoms with Gasteiger partial charge in [-0.05, 0) is 37.0 Å². The predicted octanol–water partition coefficient (Wildman–Crippen LogP) is 3.71. The van der Waals surface area contributed by atoms with E-state index in [1.807, 2.05) is 6.92 Å². The van der Waals surface area contributed by atoms with Gasteiger partial charge in [-0.15, -0.1) is 0 Å². The van der Waals surface area contributed by atoms with E-state index in [2.05, 4.69) is 5.32 Å². The Labute approximate surface area is 139 Å². The number of hydrogen-bond donors (Lipinski definition) is 2. The highest BCUT2D eigenvalue weighted by atomic mass is 35.5. The highest BCUT2D eigenvalue weighted by Gasteiger charge is 2.33. The van der Waals surface area contributed by atoms with Gasteiger partial charge in [0.1, 0.15) is 0 Å². The normalized spacial score (nSPS) is 22.3. The summed E-state index contributed by atoms with van der Waals surface area (Å²) in [5.41, 5.74) is 0.820. The van der Waals surface area contributed by atoms with Gasteiger partial charge in [-0.2, -0.15) is 0 Å². The van der Waals surface area contributed by atoms with Crippen molar-refractivity contribution in [1.82, 2.24) is 5.32 Å². The highest BCUT2D eigenvalue weighted by Crippen LogP contribution is 2.33. The Morgan fingerprint density at radius 2 is 1.86 bits per heavy atom. The summed E-state index contributed by atoms with van der Waals surface area (Å²) in [6, 6.07) is 5.33. The number of carbonyl (C=O) groups is 2. The number of benzene rings is 1. The number of carboxylic acids is 1. The molecule has 1 aliphatic carbocycles. The molecule has 6 heteroatoms. The molecule has 22 heavy (non-hydrogen) atoms. The summed E-state index contributed by atoms with van der Waals surface area (Å²) >= 11 is 12.3. The van der Waals surface area contributed by atoms with E-state index in [1.54, 1.807) is 18.2 Å². The van der Waals surface area contributed by atoms with Crippen molar-refractivity contribution in [3.05, 3.63) is 33.8 Å². The molecule has 1 fully saturated rings. The molecule has 1 unspecified atom stereocenters. The summed E-state index contributed by atoms with van der Waals surface area (Å²) in [4.78, 5) is 23.1. The van der Waals surface area contributed by atoms with Crippen molar-refractivity contribution in [3.8, 4) is 0 Å². The van der Waals surface area contributed by atoms with E-state index in [1.165, 1.54) is 0 Å². The fraction of sp³-hybridized carbons (Fsp3) is 0.500. The molecule has 1 saturated carbocycles. The minimum absolute atomic E-state index is 0.0122. The lowest BCUT2D eigenvalue weighted by Gasteiger charge is -2.18. The summed E-state index contributed by atoms with van der Waals surface area (Å²) in [6.07, 6.45) is 1.62. The molecule has 1 amide bonds. The maximum atomic E-state index is 12.1. The zero-order valence-corrected chi connectivity index (χ0v) is 13.8. The summed E-state index contributed by atoms with van der Waals surface area (Å²) < 4.78 is 0. The molecular weight excluding hydrogens is 325 g/mol. The van der Waals surface area contributed by atoms with Crippen LogP contribution in [0.15, 0.2) is 18.2 Å². The van der Waals surface area contributed by atoms with Gasteiger partial charge in [0, 0.05) is 28.4 Å². The smallest absolute Gasteiger partial charge is 0.306 e. The Hall–Kier alpha value is -1.26. The van der Waals surface area contributed by atoms with Gasteiger partial charge in [-0.3, -0.25) is 9.59 Å². The molecule has 2 N–H and O–H groups in total. The molecule has 1 aliphatic rings. The molecule has 120 valence electrons. The third kappa shape index (κ3) is 3.93. The van der Waals surface area contributed by atoms with E-state index in [9.17, 15) is 9.59 Å². The van der Waals surface area contributed by atoms with Crippen molar-refractivity contribution >= 4 is 35.1 Å². The average Bonchev–Trinajstić information content (AvgIpc) is 2.94. The van der Waals surface area contributed by atoms with Gasteiger partial charge in [0.25, 0.3) is 0 Å². The molecule has 0 aromatic heterocycles. The Kier molecular flexibility index (Phi) is 5.70. The van der Waals surface area contributed by atoms with Crippen LogP contribution >= 0.6 is 23.2 Å². The fourth-order valence-corrected chi connectivity index (χ4v) is 3.70. The number of aliphatic carboxylic acids is 1. The lowest BCUT2D eigenvalue weighted by molar-refractivity contribution is -0.141. The van der Waals surface area contributed by atoms with Crippen molar-refractivity contribution in [2.45, 2.75) is 32.1 Å². The Morgan fingerprint density at radius 3 is 2.41 bits per heavy atom. The van der Waals surface area contributed by atoms with E-state index >= 15 is 0 Å².